The third-order valence-electron chi connectivity index (χ3n) is 1.12. The topological polar surface area (TPSA) is 47.6 Å². The van der Waals surface area contributed by atoms with Crippen LogP contribution in [-0.2, 0) is 9.47 Å². The van der Waals surface area contributed by atoms with Crippen molar-refractivity contribution in [1.29, 1.82) is 0 Å². The first-order valence-corrected chi connectivity index (χ1v) is 4.06. The minimum atomic E-state index is -0.374. The molecule has 1 amide bonds. The van der Waals surface area contributed by atoms with Gasteiger partial charge >= 0.3 is 6.09 Å². The van der Waals surface area contributed by atoms with Gasteiger partial charge in [0, 0.05) is 13.7 Å². The zero-order valence-corrected chi connectivity index (χ0v) is 7.92. The van der Waals surface area contributed by atoms with Gasteiger partial charge in [-0.05, 0) is 5.92 Å². The summed E-state index contributed by atoms with van der Waals surface area (Å²) in [5, 5.41) is 2.55. The minimum Gasteiger partial charge on any atom is -0.449 e. The Labute approximate surface area is 73.2 Å². The Morgan fingerprint density at radius 3 is 2.67 bits per heavy atom. The third-order valence-corrected chi connectivity index (χ3v) is 1.12. The first-order chi connectivity index (χ1) is 5.66. The molecule has 0 rings (SSSR count). The fourth-order valence-corrected chi connectivity index (χ4v) is 0.549. The summed E-state index contributed by atoms with van der Waals surface area (Å²) in [6.45, 7) is 5.44. The molecule has 0 aliphatic rings. The van der Waals surface area contributed by atoms with E-state index in [4.69, 9.17) is 9.47 Å². The molecule has 0 aliphatic carbocycles. The molecule has 0 saturated heterocycles. The molecule has 0 radical (unpaired) electrons. The molecule has 0 aromatic carbocycles. The van der Waals surface area contributed by atoms with E-state index in [1.54, 1.807) is 7.11 Å². The van der Waals surface area contributed by atoms with E-state index in [2.05, 4.69) is 5.32 Å². The Hall–Kier alpha value is -0.770. The molecule has 0 spiro atoms. The van der Waals surface area contributed by atoms with Crippen molar-refractivity contribution in [2.24, 2.45) is 5.92 Å². The second-order valence-corrected chi connectivity index (χ2v) is 2.91. The van der Waals surface area contributed by atoms with E-state index < -0.39 is 0 Å². The molecule has 0 unspecified atom stereocenters. The molecular weight excluding hydrogens is 158 g/mol. The average molecular weight is 175 g/mol. The van der Waals surface area contributed by atoms with Crippen LogP contribution in [0, 0.1) is 5.92 Å². The highest BCUT2D eigenvalue weighted by molar-refractivity contribution is 5.66. The molecule has 0 aromatic heterocycles. The van der Waals surface area contributed by atoms with Crippen molar-refractivity contribution in [3.05, 3.63) is 0 Å². The number of rotatable bonds is 5. The van der Waals surface area contributed by atoms with Crippen molar-refractivity contribution in [3.8, 4) is 0 Å². The lowest BCUT2D eigenvalue weighted by molar-refractivity contribution is 0.127. The average Bonchev–Trinajstić information content (AvgIpc) is 2.01. The first-order valence-electron chi connectivity index (χ1n) is 4.06. The van der Waals surface area contributed by atoms with Gasteiger partial charge in [0.1, 0.15) is 0 Å². The van der Waals surface area contributed by atoms with Crippen LogP contribution in [0.3, 0.4) is 0 Å². The van der Waals surface area contributed by atoms with E-state index in [1.807, 2.05) is 13.8 Å². The van der Waals surface area contributed by atoms with Crippen LogP contribution in [0.4, 0.5) is 4.79 Å². The van der Waals surface area contributed by atoms with E-state index in [9.17, 15) is 4.79 Å². The van der Waals surface area contributed by atoms with Gasteiger partial charge in [0.05, 0.1) is 13.2 Å². The highest BCUT2D eigenvalue weighted by Gasteiger charge is 2.01. The van der Waals surface area contributed by atoms with Gasteiger partial charge in [-0.15, -0.1) is 0 Å². The van der Waals surface area contributed by atoms with Crippen molar-refractivity contribution in [1.82, 2.24) is 5.32 Å². The molecule has 0 aromatic rings. The van der Waals surface area contributed by atoms with Gasteiger partial charge in [-0.3, -0.25) is 0 Å². The summed E-state index contributed by atoms with van der Waals surface area (Å²) < 4.78 is 9.59. The van der Waals surface area contributed by atoms with Crippen molar-refractivity contribution in [3.63, 3.8) is 0 Å². The van der Waals surface area contributed by atoms with Gasteiger partial charge in [0.25, 0.3) is 0 Å². The summed E-state index contributed by atoms with van der Waals surface area (Å²) in [6.07, 6.45) is -0.374. The Bertz CT molecular complexity index is 125. The largest absolute Gasteiger partial charge is 0.449 e. The predicted octanol–water partition coefficient (Wildman–Crippen LogP) is 1.01. The third kappa shape index (κ3) is 7.34. The predicted molar refractivity (Wildman–Crippen MR) is 46.1 cm³/mol. The molecule has 1 N–H and O–H groups in total. The molecule has 0 aliphatic heterocycles. The Kier molecular flexibility index (Phi) is 6.47. The number of hydrogen-bond acceptors (Lipinski definition) is 3. The zero-order chi connectivity index (χ0) is 9.40. The molecule has 4 nitrogen and oxygen atoms in total. The molecular formula is C8H17NO3. The zero-order valence-electron chi connectivity index (χ0n) is 7.92. The normalized spacial score (nSPS) is 10.0. The van der Waals surface area contributed by atoms with Crippen molar-refractivity contribution in [2.45, 2.75) is 13.8 Å². The number of amides is 1. The van der Waals surface area contributed by atoms with Gasteiger partial charge in [0.15, 0.2) is 0 Å². The summed E-state index contributed by atoms with van der Waals surface area (Å²) in [4.78, 5) is 10.8. The number of carbonyl (C=O) groups is 1. The number of hydrogen-bond donors (Lipinski definition) is 1. The van der Waals surface area contributed by atoms with Crippen LogP contribution < -0.4 is 5.32 Å². The van der Waals surface area contributed by atoms with Crippen LogP contribution in [0.1, 0.15) is 13.8 Å². The van der Waals surface area contributed by atoms with Crippen LogP contribution in [0.15, 0.2) is 0 Å². The molecule has 12 heavy (non-hydrogen) atoms. The van der Waals surface area contributed by atoms with Crippen LogP contribution in [0.5, 0.6) is 0 Å². The van der Waals surface area contributed by atoms with Crippen molar-refractivity contribution < 1.29 is 14.3 Å². The molecule has 0 saturated carbocycles. The lowest BCUT2D eigenvalue weighted by Crippen LogP contribution is -2.28. The van der Waals surface area contributed by atoms with Gasteiger partial charge in [-0.25, -0.2) is 4.79 Å². The lowest BCUT2D eigenvalue weighted by atomic mass is 10.2. The van der Waals surface area contributed by atoms with Gasteiger partial charge in [-0.2, -0.15) is 0 Å². The lowest BCUT2D eigenvalue weighted by Gasteiger charge is -2.07. The second kappa shape index (κ2) is 6.91. The van der Waals surface area contributed by atoms with Crippen LogP contribution in [-0.4, -0.2) is 33.0 Å². The molecule has 0 atom stereocenters. The SMILES string of the molecule is COCCNC(=O)OCC(C)C. The molecule has 0 fully saturated rings. The Morgan fingerprint density at radius 2 is 2.17 bits per heavy atom. The fourth-order valence-electron chi connectivity index (χ4n) is 0.549. The van der Waals surface area contributed by atoms with Crippen molar-refractivity contribution in [2.75, 3.05) is 26.9 Å². The number of nitrogens with one attached hydrogen (secondary N) is 1. The van der Waals surface area contributed by atoms with E-state index in [0.717, 1.165) is 0 Å². The number of methoxy groups -OCH3 is 1. The minimum absolute atomic E-state index is 0.373. The fraction of sp³-hybridized carbons (Fsp3) is 0.875. The van der Waals surface area contributed by atoms with Crippen LogP contribution >= 0.6 is 0 Å². The van der Waals surface area contributed by atoms with Crippen LogP contribution in [0.25, 0.3) is 0 Å². The summed E-state index contributed by atoms with van der Waals surface area (Å²) >= 11 is 0. The molecule has 0 heterocycles. The Morgan fingerprint density at radius 1 is 1.50 bits per heavy atom. The number of carbonyl (C=O) groups excluding carboxylic acids is 1. The van der Waals surface area contributed by atoms with E-state index in [-0.39, 0.29) is 6.09 Å². The molecule has 72 valence electrons. The maximum Gasteiger partial charge on any atom is 0.407 e. The molecule has 0 bridgehead atoms. The quantitative estimate of drug-likeness (QED) is 0.634. The smallest absolute Gasteiger partial charge is 0.407 e. The highest BCUT2D eigenvalue weighted by Crippen LogP contribution is 1.91. The number of ether oxygens (including phenoxy) is 2. The summed E-state index contributed by atoms with van der Waals surface area (Å²) in [5.41, 5.74) is 0. The summed E-state index contributed by atoms with van der Waals surface area (Å²) in [5.74, 6) is 0.373. The maximum atomic E-state index is 10.8. The van der Waals surface area contributed by atoms with Gasteiger partial charge < -0.3 is 14.8 Å². The van der Waals surface area contributed by atoms with E-state index in [0.29, 0.717) is 25.7 Å². The first kappa shape index (κ1) is 11.2. The highest BCUT2D eigenvalue weighted by atomic mass is 16.5. The van der Waals surface area contributed by atoms with E-state index >= 15 is 0 Å². The maximum absolute atomic E-state index is 10.8. The number of alkyl carbamates (subject to hydrolysis) is 1. The summed E-state index contributed by atoms with van der Waals surface area (Å²) in [7, 11) is 1.58. The monoisotopic (exact) mass is 175 g/mol. The van der Waals surface area contributed by atoms with Gasteiger partial charge in [0.2, 0.25) is 0 Å². The van der Waals surface area contributed by atoms with Crippen molar-refractivity contribution >= 4 is 6.09 Å². The van der Waals surface area contributed by atoms with Crippen LogP contribution in [0.2, 0.25) is 0 Å². The standard InChI is InChI=1S/C8H17NO3/c1-7(2)6-12-8(10)9-4-5-11-3/h7H,4-6H2,1-3H3,(H,9,10). The summed E-state index contributed by atoms with van der Waals surface area (Å²) in [6, 6.07) is 0. The van der Waals surface area contributed by atoms with Gasteiger partial charge in [-0.1, -0.05) is 13.8 Å². The second-order valence-electron chi connectivity index (χ2n) is 2.91. The van der Waals surface area contributed by atoms with E-state index in [1.165, 1.54) is 0 Å². The molecule has 4 heteroatoms. The Balaban J connectivity index is 3.22.